The number of aryl methyl sites for hydroxylation is 1. The van der Waals surface area contributed by atoms with E-state index >= 15 is 0 Å². The van der Waals surface area contributed by atoms with Gasteiger partial charge in [0.15, 0.2) is 0 Å². The van der Waals surface area contributed by atoms with Crippen molar-refractivity contribution in [2.24, 2.45) is 0 Å². The van der Waals surface area contributed by atoms with Crippen molar-refractivity contribution < 1.29 is 9.90 Å². The van der Waals surface area contributed by atoms with Crippen LogP contribution in [0.15, 0.2) is 36.0 Å². The molecule has 102 valence electrons. The second-order valence-corrected chi connectivity index (χ2v) is 5.57. The Morgan fingerprint density at radius 1 is 1.40 bits per heavy atom. The molecular formula is C15H14N2O2S. The number of aromatic carboxylic acids is 1. The molecule has 0 saturated carbocycles. The number of hydrogen-bond acceptors (Lipinski definition) is 3. The predicted octanol–water partition coefficient (Wildman–Crippen LogP) is 3.41. The standard InChI is InChI=1S/C15H14N2O2S/c1-2-10-6-7-20-13(10)8-17-9-16-14-11(15(18)19)4-3-5-12(14)17/h3-7,9H,2,8H2,1H3,(H,18,19). The number of rotatable bonds is 4. The first-order valence-corrected chi connectivity index (χ1v) is 7.31. The summed E-state index contributed by atoms with van der Waals surface area (Å²) in [5.74, 6) is -0.939. The van der Waals surface area contributed by atoms with Crippen molar-refractivity contribution in [3.8, 4) is 0 Å². The van der Waals surface area contributed by atoms with E-state index in [1.807, 2.05) is 10.6 Å². The number of thiophene rings is 1. The summed E-state index contributed by atoms with van der Waals surface area (Å²) in [6.07, 6.45) is 2.72. The van der Waals surface area contributed by atoms with E-state index in [2.05, 4.69) is 23.4 Å². The second kappa shape index (κ2) is 5.09. The van der Waals surface area contributed by atoms with Gasteiger partial charge in [0.25, 0.3) is 0 Å². The van der Waals surface area contributed by atoms with Crippen molar-refractivity contribution in [1.29, 1.82) is 0 Å². The fourth-order valence-electron chi connectivity index (χ4n) is 2.36. The summed E-state index contributed by atoms with van der Waals surface area (Å²) >= 11 is 1.73. The van der Waals surface area contributed by atoms with Gasteiger partial charge in [-0.1, -0.05) is 13.0 Å². The van der Waals surface area contributed by atoms with Crippen LogP contribution in [0.2, 0.25) is 0 Å². The van der Waals surface area contributed by atoms with Crippen molar-refractivity contribution in [1.82, 2.24) is 9.55 Å². The van der Waals surface area contributed by atoms with Crippen LogP contribution in [0.4, 0.5) is 0 Å². The Hall–Kier alpha value is -2.14. The zero-order valence-electron chi connectivity index (χ0n) is 11.0. The molecule has 0 unspecified atom stereocenters. The van der Waals surface area contributed by atoms with E-state index in [4.69, 9.17) is 0 Å². The molecule has 0 radical (unpaired) electrons. The maximum atomic E-state index is 11.2. The lowest BCUT2D eigenvalue weighted by atomic mass is 10.2. The van der Waals surface area contributed by atoms with Gasteiger partial charge in [-0.3, -0.25) is 0 Å². The lowest BCUT2D eigenvalue weighted by Crippen LogP contribution is -2.00. The van der Waals surface area contributed by atoms with Crippen LogP contribution in [0, 0.1) is 0 Å². The molecule has 5 heteroatoms. The Morgan fingerprint density at radius 3 is 3.00 bits per heavy atom. The SMILES string of the molecule is CCc1ccsc1Cn1cnc2c(C(=O)O)cccc21. The summed E-state index contributed by atoms with van der Waals surface area (Å²) in [6.45, 7) is 2.88. The van der Waals surface area contributed by atoms with Crippen LogP contribution in [0.5, 0.6) is 0 Å². The van der Waals surface area contributed by atoms with Crippen molar-refractivity contribution in [2.45, 2.75) is 19.9 Å². The normalized spacial score (nSPS) is 11.1. The number of nitrogens with zero attached hydrogens (tertiary/aromatic N) is 2. The predicted molar refractivity (Wildman–Crippen MR) is 79.5 cm³/mol. The minimum Gasteiger partial charge on any atom is -0.478 e. The molecule has 0 amide bonds. The minimum absolute atomic E-state index is 0.253. The van der Waals surface area contributed by atoms with E-state index < -0.39 is 5.97 Å². The molecule has 0 aliphatic carbocycles. The molecule has 4 nitrogen and oxygen atoms in total. The van der Waals surface area contributed by atoms with E-state index in [1.54, 1.807) is 29.8 Å². The molecule has 3 rings (SSSR count). The molecular weight excluding hydrogens is 272 g/mol. The number of aromatic nitrogens is 2. The maximum absolute atomic E-state index is 11.2. The molecule has 1 aromatic carbocycles. The highest BCUT2D eigenvalue weighted by molar-refractivity contribution is 7.10. The highest BCUT2D eigenvalue weighted by atomic mass is 32.1. The number of imidazole rings is 1. The van der Waals surface area contributed by atoms with Crippen LogP contribution in [0.3, 0.4) is 0 Å². The van der Waals surface area contributed by atoms with Crippen LogP contribution in [-0.4, -0.2) is 20.6 Å². The van der Waals surface area contributed by atoms with Crippen molar-refractivity contribution in [3.05, 3.63) is 52.0 Å². The van der Waals surface area contributed by atoms with E-state index in [-0.39, 0.29) is 5.56 Å². The third kappa shape index (κ3) is 2.10. The average molecular weight is 286 g/mol. The van der Waals surface area contributed by atoms with E-state index in [0.29, 0.717) is 5.52 Å². The number of para-hydroxylation sites is 1. The number of benzene rings is 1. The largest absolute Gasteiger partial charge is 0.478 e. The molecule has 0 aliphatic rings. The number of carboxylic acids is 1. The molecule has 2 aromatic heterocycles. The summed E-state index contributed by atoms with van der Waals surface area (Å²) in [6, 6.07) is 7.40. The number of carbonyl (C=O) groups is 1. The van der Waals surface area contributed by atoms with Crippen LogP contribution in [0.25, 0.3) is 11.0 Å². The Labute approximate surface area is 120 Å². The van der Waals surface area contributed by atoms with Gasteiger partial charge in [-0.05, 0) is 35.6 Å². The monoisotopic (exact) mass is 286 g/mol. The maximum Gasteiger partial charge on any atom is 0.337 e. The van der Waals surface area contributed by atoms with Crippen molar-refractivity contribution >= 4 is 28.3 Å². The highest BCUT2D eigenvalue weighted by Gasteiger charge is 2.13. The quantitative estimate of drug-likeness (QED) is 0.799. The topological polar surface area (TPSA) is 55.1 Å². The first kappa shape index (κ1) is 12.9. The molecule has 0 saturated heterocycles. The fraction of sp³-hybridized carbons (Fsp3) is 0.200. The number of fused-ring (bicyclic) bond motifs is 1. The summed E-state index contributed by atoms with van der Waals surface area (Å²) in [7, 11) is 0. The van der Waals surface area contributed by atoms with Gasteiger partial charge >= 0.3 is 5.97 Å². The fourth-order valence-corrected chi connectivity index (χ4v) is 3.34. The summed E-state index contributed by atoms with van der Waals surface area (Å²) in [4.78, 5) is 16.8. The van der Waals surface area contributed by atoms with Crippen LogP contribution in [0.1, 0.15) is 27.7 Å². The first-order chi connectivity index (χ1) is 9.70. The lowest BCUT2D eigenvalue weighted by Gasteiger charge is -2.05. The molecule has 3 aromatic rings. The van der Waals surface area contributed by atoms with Crippen molar-refractivity contribution in [2.75, 3.05) is 0 Å². The Morgan fingerprint density at radius 2 is 2.25 bits per heavy atom. The molecule has 0 atom stereocenters. The molecule has 0 fully saturated rings. The van der Waals surface area contributed by atoms with E-state index in [0.717, 1.165) is 18.5 Å². The summed E-state index contributed by atoms with van der Waals surface area (Å²) in [5.41, 5.74) is 3.00. The Balaban J connectivity index is 2.05. The van der Waals surface area contributed by atoms with Gasteiger partial charge in [0.1, 0.15) is 5.52 Å². The molecule has 2 heterocycles. The van der Waals surface area contributed by atoms with Crippen LogP contribution in [-0.2, 0) is 13.0 Å². The smallest absolute Gasteiger partial charge is 0.337 e. The lowest BCUT2D eigenvalue weighted by molar-refractivity contribution is 0.0699. The Kier molecular flexibility index (Phi) is 3.28. The third-order valence-corrected chi connectivity index (χ3v) is 4.36. The molecule has 0 spiro atoms. The molecule has 0 aliphatic heterocycles. The van der Waals surface area contributed by atoms with Crippen molar-refractivity contribution in [3.63, 3.8) is 0 Å². The van der Waals surface area contributed by atoms with Gasteiger partial charge in [0.05, 0.1) is 24.0 Å². The average Bonchev–Trinajstić information content (AvgIpc) is 3.06. The van der Waals surface area contributed by atoms with Gasteiger partial charge in [0.2, 0.25) is 0 Å². The van der Waals surface area contributed by atoms with Gasteiger partial charge < -0.3 is 9.67 Å². The molecule has 20 heavy (non-hydrogen) atoms. The number of hydrogen-bond donors (Lipinski definition) is 1. The van der Waals surface area contributed by atoms with Crippen LogP contribution >= 0.6 is 11.3 Å². The summed E-state index contributed by atoms with van der Waals surface area (Å²) in [5, 5.41) is 11.3. The molecule has 0 bridgehead atoms. The van der Waals surface area contributed by atoms with E-state index in [9.17, 15) is 9.90 Å². The van der Waals surface area contributed by atoms with Gasteiger partial charge in [-0.15, -0.1) is 11.3 Å². The third-order valence-electron chi connectivity index (χ3n) is 3.41. The molecule has 1 N–H and O–H groups in total. The van der Waals surface area contributed by atoms with Gasteiger partial charge in [-0.25, -0.2) is 9.78 Å². The highest BCUT2D eigenvalue weighted by Crippen LogP contribution is 2.22. The second-order valence-electron chi connectivity index (χ2n) is 4.57. The minimum atomic E-state index is -0.939. The van der Waals surface area contributed by atoms with E-state index in [1.165, 1.54) is 10.4 Å². The zero-order chi connectivity index (χ0) is 14.1. The van der Waals surface area contributed by atoms with Gasteiger partial charge in [0, 0.05) is 4.88 Å². The number of carboxylic acid groups (broad SMARTS) is 1. The zero-order valence-corrected chi connectivity index (χ0v) is 11.9. The van der Waals surface area contributed by atoms with Crippen LogP contribution < -0.4 is 0 Å². The van der Waals surface area contributed by atoms with Gasteiger partial charge in [-0.2, -0.15) is 0 Å². The first-order valence-electron chi connectivity index (χ1n) is 6.43. The Bertz CT molecular complexity index is 773. The summed E-state index contributed by atoms with van der Waals surface area (Å²) < 4.78 is 2.01.